The number of carbonyl (C=O) groups excluding carboxylic acids is 1. The van der Waals surface area contributed by atoms with Gasteiger partial charge in [-0.15, -0.1) is 0 Å². The Morgan fingerprint density at radius 2 is 1.96 bits per heavy atom. The van der Waals surface area contributed by atoms with Crippen molar-refractivity contribution in [3.05, 3.63) is 58.3 Å². The zero-order valence-electron chi connectivity index (χ0n) is 13.2. The number of ether oxygens (including phenoxy) is 1. The van der Waals surface area contributed by atoms with Gasteiger partial charge in [0.1, 0.15) is 0 Å². The van der Waals surface area contributed by atoms with Crippen LogP contribution in [0.4, 0.5) is 0 Å². The molecular formula is C17H15BrN2O4. The lowest BCUT2D eigenvalue weighted by Gasteiger charge is -2.04. The second kappa shape index (κ2) is 7.00. The quantitative estimate of drug-likeness (QED) is 0.593. The third-order valence-corrected chi connectivity index (χ3v) is 3.83. The van der Waals surface area contributed by atoms with Crippen LogP contribution in [0.3, 0.4) is 0 Å². The summed E-state index contributed by atoms with van der Waals surface area (Å²) < 4.78 is 15.8. The van der Waals surface area contributed by atoms with Crippen LogP contribution >= 0.6 is 15.9 Å². The van der Waals surface area contributed by atoms with Gasteiger partial charge in [-0.3, -0.25) is 0 Å². The van der Waals surface area contributed by atoms with E-state index in [1.54, 1.807) is 6.07 Å². The van der Waals surface area contributed by atoms with Crippen LogP contribution in [-0.2, 0) is 11.3 Å². The molecule has 0 radical (unpaired) electrons. The molecule has 0 saturated carbocycles. The maximum absolute atomic E-state index is 11.8. The maximum atomic E-state index is 11.8. The molecule has 0 amide bonds. The van der Waals surface area contributed by atoms with Crippen LogP contribution in [0.1, 0.15) is 41.8 Å². The molecule has 0 saturated heterocycles. The van der Waals surface area contributed by atoms with Gasteiger partial charge in [-0.05, 0) is 39.5 Å². The fourth-order valence-electron chi connectivity index (χ4n) is 2.07. The summed E-state index contributed by atoms with van der Waals surface area (Å²) in [6.45, 7) is 4.15. The number of rotatable bonds is 5. The van der Waals surface area contributed by atoms with Crippen molar-refractivity contribution in [2.75, 3.05) is 0 Å². The monoisotopic (exact) mass is 390 g/mol. The summed E-state index contributed by atoms with van der Waals surface area (Å²) in [5.74, 6) is 0.641. The molecule has 0 aliphatic carbocycles. The second-order valence-corrected chi connectivity index (χ2v) is 6.25. The molecule has 24 heavy (non-hydrogen) atoms. The first kappa shape index (κ1) is 16.4. The molecule has 2 heterocycles. The Balaban J connectivity index is 1.64. The molecule has 2 aromatic heterocycles. The number of esters is 1. The number of benzene rings is 1. The fourth-order valence-corrected chi connectivity index (χ4v) is 2.38. The maximum Gasteiger partial charge on any atom is 0.374 e. The Morgan fingerprint density at radius 1 is 1.21 bits per heavy atom. The molecule has 0 aliphatic rings. The summed E-state index contributed by atoms with van der Waals surface area (Å²) in [6.07, 6.45) is 0. The lowest BCUT2D eigenvalue weighted by molar-refractivity contribution is 0.0392. The number of nitrogens with zero attached hydrogens (tertiary/aromatic N) is 2. The van der Waals surface area contributed by atoms with E-state index in [2.05, 4.69) is 39.9 Å². The van der Waals surface area contributed by atoms with E-state index in [1.165, 1.54) is 11.6 Å². The highest BCUT2D eigenvalue weighted by Crippen LogP contribution is 2.21. The molecule has 0 unspecified atom stereocenters. The molecular weight excluding hydrogens is 376 g/mol. The highest BCUT2D eigenvalue weighted by molar-refractivity contribution is 9.10. The topological polar surface area (TPSA) is 78.4 Å². The minimum atomic E-state index is -0.596. The normalized spacial score (nSPS) is 11.0. The molecule has 6 nitrogen and oxygen atoms in total. The Labute approximate surface area is 146 Å². The first-order chi connectivity index (χ1) is 11.5. The minimum absolute atomic E-state index is 0.103. The van der Waals surface area contributed by atoms with Crippen molar-refractivity contribution in [2.45, 2.75) is 26.4 Å². The van der Waals surface area contributed by atoms with Gasteiger partial charge in [-0.1, -0.05) is 43.3 Å². The average Bonchev–Trinajstić information content (AvgIpc) is 3.22. The minimum Gasteiger partial charge on any atom is -0.450 e. The molecule has 3 rings (SSSR count). The predicted molar refractivity (Wildman–Crippen MR) is 89.4 cm³/mol. The first-order valence-electron chi connectivity index (χ1n) is 7.38. The SMILES string of the molecule is CC(C)c1ccc(-c2noc(COC(=O)c3ccc(Br)o3)n2)cc1. The molecule has 0 spiro atoms. The lowest BCUT2D eigenvalue weighted by atomic mass is 10.0. The Morgan fingerprint density at radius 3 is 2.58 bits per heavy atom. The van der Waals surface area contributed by atoms with Gasteiger partial charge in [0, 0.05) is 5.56 Å². The van der Waals surface area contributed by atoms with Crippen molar-refractivity contribution in [1.82, 2.24) is 10.1 Å². The smallest absolute Gasteiger partial charge is 0.374 e. The van der Waals surface area contributed by atoms with Crippen LogP contribution in [0.2, 0.25) is 0 Å². The van der Waals surface area contributed by atoms with E-state index < -0.39 is 5.97 Å². The molecule has 7 heteroatoms. The third-order valence-electron chi connectivity index (χ3n) is 3.40. The highest BCUT2D eigenvalue weighted by atomic mass is 79.9. The van der Waals surface area contributed by atoms with E-state index in [0.717, 1.165) is 5.56 Å². The molecule has 1 aromatic carbocycles. The van der Waals surface area contributed by atoms with Gasteiger partial charge in [-0.25, -0.2) is 4.79 Å². The van der Waals surface area contributed by atoms with E-state index in [-0.39, 0.29) is 18.3 Å². The molecule has 0 aliphatic heterocycles. The summed E-state index contributed by atoms with van der Waals surface area (Å²) in [5.41, 5.74) is 2.08. The van der Waals surface area contributed by atoms with Crippen LogP contribution in [0.25, 0.3) is 11.4 Å². The Hall–Kier alpha value is -2.41. The zero-order valence-corrected chi connectivity index (χ0v) is 14.7. The second-order valence-electron chi connectivity index (χ2n) is 5.47. The van der Waals surface area contributed by atoms with Gasteiger partial charge in [-0.2, -0.15) is 4.98 Å². The van der Waals surface area contributed by atoms with E-state index in [0.29, 0.717) is 16.4 Å². The van der Waals surface area contributed by atoms with Gasteiger partial charge in [0.2, 0.25) is 11.6 Å². The summed E-state index contributed by atoms with van der Waals surface area (Å²) in [5, 5.41) is 3.91. The molecule has 0 bridgehead atoms. The van der Waals surface area contributed by atoms with Gasteiger partial charge >= 0.3 is 5.97 Å². The van der Waals surface area contributed by atoms with Crippen molar-refractivity contribution < 1.29 is 18.5 Å². The van der Waals surface area contributed by atoms with Gasteiger partial charge in [0.15, 0.2) is 11.3 Å². The fraction of sp³-hybridized carbons (Fsp3) is 0.235. The van der Waals surface area contributed by atoms with Gasteiger partial charge in [0.05, 0.1) is 0 Å². The van der Waals surface area contributed by atoms with Crippen LogP contribution < -0.4 is 0 Å². The molecule has 124 valence electrons. The Bertz CT molecular complexity index is 836. The van der Waals surface area contributed by atoms with Crippen LogP contribution in [0, 0.1) is 0 Å². The van der Waals surface area contributed by atoms with Crippen LogP contribution in [0.5, 0.6) is 0 Å². The largest absolute Gasteiger partial charge is 0.450 e. The molecule has 3 aromatic rings. The lowest BCUT2D eigenvalue weighted by Crippen LogP contribution is -2.04. The number of aromatic nitrogens is 2. The van der Waals surface area contributed by atoms with E-state index in [9.17, 15) is 4.79 Å². The van der Waals surface area contributed by atoms with Crippen LogP contribution in [-0.4, -0.2) is 16.1 Å². The van der Waals surface area contributed by atoms with Crippen molar-refractivity contribution in [3.8, 4) is 11.4 Å². The summed E-state index contributed by atoms with van der Waals surface area (Å²) in [4.78, 5) is 16.0. The molecule has 0 fully saturated rings. The number of halogens is 1. The number of furan rings is 1. The van der Waals surface area contributed by atoms with Crippen LogP contribution in [0.15, 0.2) is 50.0 Å². The average molecular weight is 391 g/mol. The first-order valence-corrected chi connectivity index (χ1v) is 8.17. The number of carbonyl (C=O) groups is 1. The molecule has 0 atom stereocenters. The number of hydrogen-bond acceptors (Lipinski definition) is 6. The van der Waals surface area contributed by atoms with Crippen molar-refractivity contribution in [2.24, 2.45) is 0 Å². The van der Waals surface area contributed by atoms with Crippen molar-refractivity contribution in [1.29, 1.82) is 0 Å². The number of hydrogen-bond donors (Lipinski definition) is 0. The van der Waals surface area contributed by atoms with E-state index in [4.69, 9.17) is 13.7 Å². The van der Waals surface area contributed by atoms with E-state index >= 15 is 0 Å². The van der Waals surface area contributed by atoms with E-state index in [1.807, 2.05) is 24.3 Å². The highest BCUT2D eigenvalue weighted by Gasteiger charge is 2.15. The summed E-state index contributed by atoms with van der Waals surface area (Å²) in [6, 6.07) is 11.1. The van der Waals surface area contributed by atoms with Gasteiger partial charge < -0.3 is 13.7 Å². The van der Waals surface area contributed by atoms with Crippen molar-refractivity contribution >= 4 is 21.9 Å². The molecule has 0 N–H and O–H groups in total. The predicted octanol–water partition coefficient (Wildman–Crippen LogP) is 4.57. The summed E-state index contributed by atoms with van der Waals surface area (Å²) in [7, 11) is 0. The standard InChI is InChI=1S/C17H15BrN2O4/c1-10(2)11-3-5-12(6-4-11)16-19-15(24-20-16)9-22-17(21)13-7-8-14(18)23-13/h3-8,10H,9H2,1-2H3. The zero-order chi connectivity index (χ0) is 17.1. The van der Waals surface area contributed by atoms with Gasteiger partial charge in [0.25, 0.3) is 5.89 Å². The Kier molecular flexibility index (Phi) is 4.80. The third kappa shape index (κ3) is 3.73. The summed E-state index contributed by atoms with van der Waals surface area (Å²) >= 11 is 3.12. The van der Waals surface area contributed by atoms with Crippen molar-refractivity contribution in [3.63, 3.8) is 0 Å².